The van der Waals surface area contributed by atoms with Crippen molar-refractivity contribution in [2.45, 2.75) is 96.9 Å². The van der Waals surface area contributed by atoms with Gasteiger partial charge < -0.3 is 31.6 Å². The van der Waals surface area contributed by atoms with E-state index < -0.39 is 0 Å². The van der Waals surface area contributed by atoms with Crippen LogP contribution >= 0.6 is 0 Å². The molecule has 46 heavy (non-hydrogen) atoms. The summed E-state index contributed by atoms with van der Waals surface area (Å²) in [6.07, 6.45) is 4.75. The average Bonchev–Trinajstić information content (AvgIpc) is 3.09. The molecule has 244 valence electrons. The number of nitrogens with two attached hydrogens (primary N) is 2. The molecular weight excluding hydrogens is 568 g/mol. The van der Waals surface area contributed by atoms with E-state index in [1.807, 2.05) is 48.5 Å². The van der Waals surface area contributed by atoms with Gasteiger partial charge in [0.2, 0.25) is 0 Å². The van der Waals surface area contributed by atoms with Crippen LogP contribution < -0.4 is 31.6 Å². The van der Waals surface area contributed by atoms with E-state index in [4.69, 9.17) is 20.9 Å². The lowest BCUT2D eigenvalue weighted by atomic mass is 9.70. The monoisotopic (exact) mass is 620 g/mol. The zero-order chi connectivity index (χ0) is 32.4. The molecule has 0 bridgehead atoms. The molecule has 6 heteroatoms. The summed E-state index contributed by atoms with van der Waals surface area (Å²) in [4.78, 5) is 0. The normalized spacial score (nSPS) is 18.3. The molecule has 0 aromatic heterocycles. The highest BCUT2D eigenvalue weighted by Gasteiger charge is 2.37. The van der Waals surface area contributed by atoms with Gasteiger partial charge in [-0.25, -0.2) is 0 Å². The van der Waals surface area contributed by atoms with Crippen molar-refractivity contribution in [2.24, 2.45) is 17.4 Å². The Morgan fingerprint density at radius 3 is 1.59 bits per heavy atom. The molecule has 0 unspecified atom stereocenters. The minimum Gasteiger partial charge on any atom is -0.489 e. The second-order valence-corrected chi connectivity index (χ2v) is 13.7. The van der Waals surface area contributed by atoms with Crippen molar-refractivity contribution in [3.8, 4) is 11.5 Å². The summed E-state index contributed by atoms with van der Waals surface area (Å²) >= 11 is 0. The van der Waals surface area contributed by atoms with Gasteiger partial charge in [-0.15, -0.1) is 0 Å². The third-order valence-electron chi connectivity index (χ3n) is 9.69. The molecule has 0 heterocycles. The molecule has 1 fully saturated rings. The van der Waals surface area contributed by atoms with Gasteiger partial charge in [0.05, 0.1) is 0 Å². The summed E-state index contributed by atoms with van der Waals surface area (Å²) in [7, 11) is 0. The van der Waals surface area contributed by atoms with E-state index in [2.05, 4.69) is 79.9 Å². The van der Waals surface area contributed by atoms with Crippen LogP contribution in [-0.2, 0) is 39.4 Å². The maximum atomic E-state index is 6.02. The summed E-state index contributed by atoms with van der Waals surface area (Å²) in [6.45, 7) is 11.0. The Kier molecular flexibility index (Phi) is 11.5. The van der Waals surface area contributed by atoms with Crippen molar-refractivity contribution in [1.82, 2.24) is 10.6 Å². The molecule has 0 aliphatic heterocycles. The molecule has 0 atom stereocenters. The predicted molar refractivity (Wildman–Crippen MR) is 188 cm³/mol. The zero-order valence-corrected chi connectivity index (χ0v) is 27.9. The standard InChI is InChI=1S/C40H52N4O2/c1-39(2,43-26-32-6-4-8-34(22-32)28-45-37-14-10-30(24-41)11-15-37)36-18-20-40(3,21-19-36)44-27-33-7-5-9-35(23-33)29-46-38-16-12-31(25-42)13-17-38/h4-17,22-23,36,43-44H,18-21,24-29,41-42H2,1-3H3. The van der Waals surface area contributed by atoms with E-state index in [-0.39, 0.29) is 11.1 Å². The van der Waals surface area contributed by atoms with E-state index in [0.717, 1.165) is 35.7 Å². The SMILES string of the molecule is CC1(NCc2cccc(COc3ccc(CN)cc3)c2)CCC(C(C)(C)NCc2cccc(COc3ccc(CN)cc3)c2)CC1. The third kappa shape index (κ3) is 9.66. The predicted octanol–water partition coefficient (Wildman–Crippen LogP) is 7.37. The molecule has 4 aromatic carbocycles. The first-order valence-corrected chi connectivity index (χ1v) is 16.7. The number of hydrogen-bond acceptors (Lipinski definition) is 6. The zero-order valence-electron chi connectivity index (χ0n) is 27.9. The molecule has 0 spiro atoms. The molecule has 6 nitrogen and oxygen atoms in total. The maximum absolute atomic E-state index is 6.02. The Labute approximate surface area is 275 Å². The number of benzene rings is 4. The van der Waals surface area contributed by atoms with Crippen molar-refractivity contribution < 1.29 is 9.47 Å². The fraction of sp³-hybridized carbons (Fsp3) is 0.400. The van der Waals surface area contributed by atoms with Gasteiger partial charge in [0.1, 0.15) is 24.7 Å². The van der Waals surface area contributed by atoms with Gasteiger partial charge in [0.25, 0.3) is 0 Å². The number of hydrogen-bond donors (Lipinski definition) is 4. The molecule has 4 aromatic rings. The first kappa shape index (κ1) is 33.7. The minimum absolute atomic E-state index is 0.0531. The minimum atomic E-state index is 0.0531. The van der Waals surface area contributed by atoms with Crippen LogP contribution in [0.15, 0.2) is 97.1 Å². The maximum Gasteiger partial charge on any atom is 0.119 e. The first-order chi connectivity index (χ1) is 22.2. The topological polar surface area (TPSA) is 94.6 Å². The van der Waals surface area contributed by atoms with Crippen LogP contribution in [0.25, 0.3) is 0 Å². The Bertz CT molecular complexity index is 1510. The molecule has 1 saturated carbocycles. The highest BCUT2D eigenvalue weighted by atomic mass is 16.5. The lowest BCUT2D eigenvalue weighted by molar-refractivity contribution is 0.134. The van der Waals surface area contributed by atoms with Crippen molar-refractivity contribution >= 4 is 0 Å². The molecule has 1 aliphatic carbocycles. The van der Waals surface area contributed by atoms with Gasteiger partial charge in [-0.2, -0.15) is 0 Å². The van der Waals surface area contributed by atoms with Gasteiger partial charge >= 0.3 is 0 Å². The van der Waals surface area contributed by atoms with Gasteiger partial charge in [0, 0.05) is 37.3 Å². The summed E-state index contributed by atoms with van der Waals surface area (Å²) in [5.41, 5.74) is 18.8. The molecule has 0 radical (unpaired) electrons. The molecular formula is C40H52N4O2. The molecule has 6 N–H and O–H groups in total. The summed E-state index contributed by atoms with van der Waals surface area (Å²) in [5.74, 6) is 2.36. The van der Waals surface area contributed by atoms with Gasteiger partial charge in [-0.05, 0) is 110 Å². The van der Waals surface area contributed by atoms with Crippen LogP contribution in [0.2, 0.25) is 0 Å². The smallest absolute Gasteiger partial charge is 0.119 e. The Hall–Kier alpha value is -3.68. The van der Waals surface area contributed by atoms with Crippen LogP contribution in [0.3, 0.4) is 0 Å². The second kappa shape index (κ2) is 15.7. The van der Waals surface area contributed by atoms with Crippen molar-refractivity contribution in [1.29, 1.82) is 0 Å². The third-order valence-corrected chi connectivity index (χ3v) is 9.69. The van der Waals surface area contributed by atoms with E-state index in [1.54, 1.807) is 0 Å². The van der Waals surface area contributed by atoms with Crippen LogP contribution in [0.5, 0.6) is 11.5 Å². The van der Waals surface area contributed by atoms with Crippen molar-refractivity contribution in [3.63, 3.8) is 0 Å². The average molecular weight is 621 g/mol. The van der Waals surface area contributed by atoms with Crippen LogP contribution in [0, 0.1) is 5.92 Å². The summed E-state index contributed by atoms with van der Waals surface area (Å²) in [5, 5.41) is 7.79. The Morgan fingerprint density at radius 2 is 1.11 bits per heavy atom. The van der Waals surface area contributed by atoms with Gasteiger partial charge in [0.15, 0.2) is 0 Å². The van der Waals surface area contributed by atoms with E-state index in [9.17, 15) is 0 Å². The summed E-state index contributed by atoms with van der Waals surface area (Å²) in [6, 6.07) is 33.4. The molecule has 5 rings (SSSR count). The quantitative estimate of drug-likeness (QED) is 0.111. The highest BCUT2D eigenvalue weighted by Crippen LogP contribution is 2.38. The second-order valence-electron chi connectivity index (χ2n) is 13.7. The largest absolute Gasteiger partial charge is 0.489 e. The Morgan fingerprint density at radius 1 is 0.652 bits per heavy atom. The molecule has 1 aliphatic rings. The number of nitrogens with one attached hydrogen (secondary N) is 2. The van der Waals surface area contributed by atoms with E-state index in [0.29, 0.717) is 32.2 Å². The number of rotatable bonds is 15. The van der Waals surface area contributed by atoms with Crippen LogP contribution in [0.4, 0.5) is 0 Å². The fourth-order valence-electron chi connectivity index (χ4n) is 6.38. The van der Waals surface area contributed by atoms with E-state index in [1.165, 1.54) is 47.9 Å². The fourth-order valence-corrected chi connectivity index (χ4v) is 6.38. The van der Waals surface area contributed by atoms with Crippen LogP contribution in [0.1, 0.15) is 79.8 Å². The number of ether oxygens (including phenoxy) is 2. The molecule has 0 amide bonds. The van der Waals surface area contributed by atoms with Crippen LogP contribution in [-0.4, -0.2) is 11.1 Å². The first-order valence-electron chi connectivity index (χ1n) is 16.7. The van der Waals surface area contributed by atoms with Crippen molar-refractivity contribution in [2.75, 3.05) is 0 Å². The van der Waals surface area contributed by atoms with Gasteiger partial charge in [-0.1, -0.05) is 72.8 Å². The summed E-state index contributed by atoms with van der Waals surface area (Å²) < 4.78 is 12.0. The Balaban J connectivity index is 1.05. The van der Waals surface area contributed by atoms with Crippen molar-refractivity contribution in [3.05, 3.63) is 130 Å². The molecule has 0 saturated heterocycles. The lowest BCUT2D eigenvalue weighted by Gasteiger charge is -2.44. The highest BCUT2D eigenvalue weighted by molar-refractivity contribution is 5.30. The lowest BCUT2D eigenvalue weighted by Crippen LogP contribution is -2.51. The van der Waals surface area contributed by atoms with Gasteiger partial charge in [-0.3, -0.25) is 0 Å². The van der Waals surface area contributed by atoms with E-state index >= 15 is 0 Å².